The summed E-state index contributed by atoms with van der Waals surface area (Å²) in [5, 5.41) is 12.1. The van der Waals surface area contributed by atoms with Gasteiger partial charge in [-0.3, -0.25) is 4.90 Å². The molecule has 11 heavy (non-hydrogen) atoms. The average Bonchev–Trinajstić information content (AvgIpc) is 1.97. The summed E-state index contributed by atoms with van der Waals surface area (Å²) >= 11 is 0. The summed E-state index contributed by atoms with van der Waals surface area (Å²) in [7, 11) is 0. The monoisotopic (exact) mass is 158 g/mol. The molecule has 0 amide bonds. The van der Waals surface area contributed by atoms with Crippen LogP contribution in [0.2, 0.25) is 0 Å². The zero-order chi connectivity index (χ0) is 8.27. The highest BCUT2D eigenvalue weighted by Gasteiger charge is 2.22. The van der Waals surface area contributed by atoms with Crippen molar-refractivity contribution in [3.63, 3.8) is 0 Å². The number of hydrogen-bond donors (Lipinski definition) is 2. The molecule has 0 spiro atoms. The van der Waals surface area contributed by atoms with Crippen molar-refractivity contribution >= 4 is 0 Å². The maximum atomic E-state index is 8.79. The molecule has 0 bridgehead atoms. The molecule has 0 aliphatic carbocycles. The van der Waals surface area contributed by atoms with Gasteiger partial charge < -0.3 is 10.4 Å². The van der Waals surface area contributed by atoms with Gasteiger partial charge in [0, 0.05) is 31.7 Å². The molecule has 3 heteroatoms. The van der Waals surface area contributed by atoms with Crippen LogP contribution in [0, 0.1) is 0 Å². The lowest BCUT2D eigenvalue weighted by molar-refractivity contribution is 0.0914. The summed E-state index contributed by atoms with van der Waals surface area (Å²) in [6.07, 6.45) is 0. The lowest BCUT2D eigenvalue weighted by Gasteiger charge is -2.38. The number of aliphatic hydroxyl groups is 1. The minimum Gasteiger partial charge on any atom is -0.395 e. The fourth-order valence-electron chi connectivity index (χ4n) is 1.73. The van der Waals surface area contributed by atoms with Crippen LogP contribution in [0.1, 0.15) is 13.8 Å². The highest BCUT2D eigenvalue weighted by Crippen LogP contribution is 2.07. The second-order valence-corrected chi connectivity index (χ2v) is 3.32. The van der Waals surface area contributed by atoms with Gasteiger partial charge in [-0.2, -0.15) is 0 Å². The van der Waals surface area contributed by atoms with Gasteiger partial charge in [0.15, 0.2) is 0 Å². The van der Waals surface area contributed by atoms with Crippen molar-refractivity contribution in [1.82, 2.24) is 10.2 Å². The van der Waals surface area contributed by atoms with Crippen molar-refractivity contribution in [3.8, 4) is 0 Å². The maximum absolute atomic E-state index is 8.79. The van der Waals surface area contributed by atoms with Crippen LogP contribution in [-0.4, -0.2) is 48.3 Å². The van der Waals surface area contributed by atoms with Crippen LogP contribution >= 0.6 is 0 Å². The summed E-state index contributed by atoms with van der Waals surface area (Å²) in [6, 6.07) is 1.12. The van der Waals surface area contributed by atoms with E-state index in [0.717, 1.165) is 19.6 Å². The van der Waals surface area contributed by atoms with Crippen LogP contribution in [0.4, 0.5) is 0 Å². The van der Waals surface area contributed by atoms with E-state index in [-0.39, 0.29) is 6.61 Å². The van der Waals surface area contributed by atoms with Crippen molar-refractivity contribution in [3.05, 3.63) is 0 Å². The topological polar surface area (TPSA) is 35.5 Å². The molecule has 0 radical (unpaired) electrons. The third-order valence-electron chi connectivity index (χ3n) is 2.37. The Labute approximate surface area is 68.4 Å². The SMILES string of the molecule is C[C@H]1CNC[C@H](C)N1CCO. The Balaban J connectivity index is 2.41. The van der Waals surface area contributed by atoms with Gasteiger partial charge in [-0.25, -0.2) is 0 Å². The predicted octanol–water partition coefficient (Wildman–Crippen LogP) is -0.339. The zero-order valence-corrected chi connectivity index (χ0v) is 7.38. The number of β-amino-alcohol motifs (C(OH)–C–C–N with tert-alkyl or cyclic N) is 1. The molecule has 0 aromatic carbocycles. The number of nitrogens with one attached hydrogen (secondary N) is 1. The normalized spacial score (nSPS) is 34.1. The molecule has 2 atom stereocenters. The summed E-state index contributed by atoms with van der Waals surface area (Å²) in [5.74, 6) is 0. The Kier molecular flexibility index (Phi) is 3.30. The van der Waals surface area contributed by atoms with Crippen molar-refractivity contribution in [1.29, 1.82) is 0 Å². The fraction of sp³-hybridized carbons (Fsp3) is 1.00. The van der Waals surface area contributed by atoms with Crippen LogP contribution in [0.3, 0.4) is 0 Å². The number of nitrogens with zero attached hydrogens (tertiary/aromatic N) is 1. The molecule has 1 saturated heterocycles. The van der Waals surface area contributed by atoms with E-state index in [2.05, 4.69) is 24.1 Å². The van der Waals surface area contributed by atoms with E-state index in [9.17, 15) is 0 Å². The minimum atomic E-state index is 0.272. The van der Waals surface area contributed by atoms with Crippen LogP contribution in [0.25, 0.3) is 0 Å². The van der Waals surface area contributed by atoms with Gasteiger partial charge in [0.05, 0.1) is 6.61 Å². The smallest absolute Gasteiger partial charge is 0.0558 e. The molecule has 1 aliphatic rings. The molecule has 3 nitrogen and oxygen atoms in total. The molecule has 1 fully saturated rings. The van der Waals surface area contributed by atoms with Gasteiger partial charge >= 0.3 is 0 Å². The minimum absolute atomic E-state index is 0.272. The summed E-state index contributed by atoms with van der Waals surface area (Å²) in [4.78, 5) is 2.34. The number of piperazine rings is 1. The second kappa shape index (κ2) is 4.04. The zero-order valence-electron chi connectivity index (χ0n) is 7.38. The lowest BCUT2D eigenvalue weighted by Crippen LogP contribution is -2.55. The van der Waals surface area contributed by atoms with E-state index in [1.165, 1.54) is 0 Å². The van der Waals surface area contributed by atoms with E-state index in [0.29, 0.717) is 12.1 Å². The second-order valence-electron chi connectivity index (χ2n) is 3.32. The third kappa shape index (κ3) is 2.15. The van der Waals surface area contributed by atoms with Gasteiger partial charge in [-0.15, -0.1) is 0 Å². The molecular formula is C8H18N2O. The Bertz CT molecular complexity index is 109. The summed E-state index contributed by atoms with van der Waals surface area (Å²) in [5.41, 5.74) is 0. The van der Waals surface area contributed by atoms with Crippen LogP contribution < -0.4 is 5.32 Å². The van der Waals surface area contributed by atoms with Gasteiger partial charge in [0.2, 0.25) is 0 Å². The Morgan fingerprint density at radius 3 is 2.36 bits per heavy atom. The molecular weight excluding hydrogens is 140 g/mol. The van der Waals surface area contributed by atoms with Gasteiger partial charge in [0.1, 0.15) is 0 Å². The molecule has 66 valence electrons. The Morgan fingerprint density at radius 2 is 1.91 bits per heavy atom. The van der Waals surface area contributed by atoms with Crippen molar-refractivity contribution in [2.24, 2.45) is 0 Å². The van der Waals surface area contributed by atoms with Gasteiger partial charge in [-0.05, 0) is 13.8 Å². The highest BCUT2D eigenvalue weighted by atomic mass is 16.3. The summed E-state index contributed by atoms with van der Waals surface area (Å²) < 4.78 is 0. The first kappa shape index (κ1) is 8.97. The molecule has 1 rings (SSSR count). The molecule has 0 aromatic heterocycles. The van der Waals surface area contributed by atoms with E-state index in [1.807, 2.05) is 0 Å². The van der Waals surface area contributed by atoms with Gasteiger partial charge in [-0.1, -0.05) is 0 Å². The van der Waals surface area contributed by atoms with E-state index >= 15 is 0 Å². The largest absolute Gasteiger partial charge is 0.395 e. The quantitative estimate of drug-likeness (QED) is 0.577. The maximum Gasteiger partial charge on any atom is 0.0558 e. The van der Waals surface area contributed by atoms with Crippen molar-refractivity contribution < 1.29 is 5.11 Å². The Morgan fingerprint density at radius 1 is 1.36 bits per heavy atom. The molecule has 0 aromatic rings. The highest BCUT2D eigenvalue weighted by molar-refractivity contribution is 4.81. The molecule has 2 N–H and O–H groups in total. The average molecular weight is 158 g/mol. The van der Waals surface area contributed by atoms with Crippen LogP contribution in [0.5, 0.6) is 0 Å². The van der Waals surface area contributed by atoms with E-state index in [1.54, 1.807) is 0 Å². The standard InChI is InChI=1S/C8H18N2O/c1-7-5-9-6-8(2)10(7)3-4-11/h7-9,11H,3-6H2,1-2H3/t7-,8-/m0/s1. The third-order valence-corrected chi connectivity index (χ3v) is 2.37. The number of aliphatic hydroxyl groups excluding tert-OH is 1. The first-order valence-corrected chi connectivity index (χ1v) is 4.33. The lowest BCUT2D eigenvalue weighted by atomic mass is 10.1. The fourth-order valence-corrected chi connectivity index (χ4v) is 1.73. The van der Waals surface area contributed by atoms with Crippen LogP contribution in [-0.2, 0) is 0 Å². The predicted molar refractivity (Wildman–Crippen MR) is 45.6 cm³/mol. The number of rotatable bonds is 2. The molecule has 1 aliphatic heterocycles. The molecule has 0 unspecified atom stereocenters. The van der Waals surface area contributed by atoms with Crippen molar-refractivity contribution in [2.45, 2.75) is 25.9 Å². The van der Waals surface area contributed by atoms with E-state index < -0.39 is 0 Å². The Hall–Kier alpha value is -0.120. The molecule has 1 heterocycles. The summed E-state index contributed by atoms with van der Waals surface area (Å²) in [6.45, 7) is 7.56. The number of hydrogen-bond acceptors (Lipinski definition) is 3. The van der Waals surface area contributed by atoms with Crippen LogP contribution in [0.15, 0.2) is 0 Å². The van der Waals surface area contributed by atoms with E-state index in [4.69, 9.17) is 5.11 Å². The van der Waals surface area contributed by atoms with Gasteiger partial charge in [0.25, 0.3) is 0 Å². The first-order chi connectivity index (χ1) is 5.25. The molecule has 0 saturated carbocycles. The first-order valence-electron chi connectivity index (χ1n) is 4.33. The van der Waals surface area contributed by atoms with Crippen molar-refractivity contribution in [2.75, 3.05) is 26.2 Å².